The Balaban J connectivity index is 1.63. The largest absolute Gasteiger partial charge is 0.497 e. The van der Waals surface area contributed by atoms with Crippen LogP contribution in [0.25, 0.3) is 21.9 Å². The average Bonchev–Trinajstić information content (AvgIpc) is 3.03. The van der Waals surface area contributed by atoms with Gasteiger partial charge in [-0.05, 0) is 52.4 Å². The Kier molecular flexibility index (Phi) is 8.55. The van der Waals surface area contributed by atoms with Crippen molar-refractivity contribution in [1.82, 2.24) is 4.68 Å². The Morgan fingerprint density at radius 2 is 1.40 bits per heavy atom. The van der Waals surface area contributed by atoms with Crippen LogP contribution in [0.4, 0.5) is 4.79 Å². The Labute approximate surface area is 247 Å². The molecule has 5 rings (SSSR count). The van der Waals surface area contributed by atoms with Gasteiger partial charge in [0.2, 0.25) is 0 Å². The number of methoxy groups -OCH3 is 1. The third kappa shape index (κ3) is 5.99. The fraction of sp³-hybridized carbons (Fsp3) is 0.121. The molecule has 5 aromatic rings. The number of rotatable bonds is 8. The van der Waals surface area contributed by atoms with E-state index in [2.05, 4.69) is 0 Å². The molecule has 0 unspecified atom stereocenters. The van der Waals surface area contributed by atoms with Gasteiger partial charge in [-0.2, -0.15) is 0 Å². The number of benzene rings is 4. The van der Waals surface area contributed by atoms with E-state index in [9.17, 15) is 14.4 Å². The lowest BCUT2D eigenvalue weighted by Gasteiger charge is -2.25. The van der Waals surface area contributed by atoms with Crippen LogP contribution in [0.3, 0.4) is 0 Å². The first-order valence-electron chi connectivity index (χ1n) is 13.1. The number of carbonyl (C=O) groups is 2. The van der Waals surface area contributed by atoms with E-state index in [0.29, 0.717) is 32.8 Å². The first-order valence-corrected chi connectivity index (χ1v) is 13.4. The summed E-state index contributed by atoms with van der Waals surface area (Å²) < 4.78 is 17.4. The number of aromatic nitrogens is 1. The van der Waals surface area contributed by atoms with Crippen LogP contribution in [-0.2, 0) is 22.7 Å². The van der Waals surface area contributed by atoms with E-state index in [1.165, 1.54) is 7.05 Å². The Hall–Kier alpha value is -5.08. The fourth-order valence-electron chi connectivity index (χ4n) is 4.56. The standard InChI is InChI=1S/C33H27ClN2O6/c1-35(33(39)42-21-22-9-5-3-6-10-22)36-30(32(38)41-20-23-13-16-26(40-2)17-14-23)29(24-11-7-4-8-12-24)28-19-25(34)15-18-27(28)31(36)37/h3-19H,20-21H2,1-2H3. The molecule has 0 atom stereocenters. The molecule has 0 radical (unpaired) electrons. The molecule has 8 nitrogen and oxygen atoms in total. The molecule has 42 heavy (non-hydrogen) atoms. The monoisotopic (exact) mass is 582 g/mol. The van der Waals surface area contributed by atoms with Gasteiger partial charge < -0.3 is 14.2 Å². The van der Waals surface area contributed by atoms with Crippen molar-refractivity contribution in [1.29, 1.82) is 0 Å². The summed E-state index contributed by atoms with van der Waals surface area (Å²) in [6.07, 6.45) is -0.836. The number of nitrogens with zero attached hydrogens (tertiary/aromatic N) is 2. The summed E-state index contributed by atoms with van der Waals surface area (Å²) in [6.45, 7) is -0.105. The van der Waals surface area contributed by atoms with Crippen LogP contribution >= 0.6 is 11.6 Å². The second kappa shape index (κ2) is 12.6. The lowest BCUT2D eigenvalue weighted by atomic mass is 9.97. The minimum atomic E-state index is -0.836. The molecular weight excluding hydrogens is 556 g/mol. The zero-order chi connectivity index (χ0) is 29.6. The molecule has 0 aliphatic carbocycles. The van der Waals surface area contributed by atoms with Gasteiger partial charge in [-0.1, -0.05) is 84.4 Å². The highest BCUT2D eigenvalue weighted by Crippen LogP contribution is 2.33. The van der Waals surface area contributed by atoms with Crippen LogP contribution in [0.1, 0.15) is 21.6 Å². The SMILES string of the molecule is COc1ccc(COC(=O)c2c(-c3ccccc3)c3cc(Cl)ccc3c(=O)n2N(C)C(=O)OCc2ccccc2)cc1. The minimum absolute atomic E-state index is 0.0231. The van der Waals surface area contributed by atoms with E-state index >= 15 is 0 Å². The molecule has 0 spiro atoms. The fourth-order valence-corrected chi connectivity index (χ4v) is 4.74. The summed E-state index contributed by atoms with van der Waals surface area (Å²) in [5.41, 5.74) is 1.73. The lowest BCUT2D eigenvalue weighted by Crippen LogP contribution is -2.46. The van der Waals surface area contributed by atoms with Crippen molar-refractivity contribution < 1.29 is 23.8 Å². The predicted octanol–water partition coefficient (Wildman–Crippen LogP) is 6.59. The van der Waals surface area contributed by atoms with Crippen LogP contribution in [0.5, 0.6) is 5.75 Å². The molecule has 4 aromatic carbocycles. The normalized spacial score (nSPS) is 10.7. The maximum Gasteiger partial charge on any atom is 0.429 e. The van der Waals surface area contributed by atoms with Gasteiger partial charge in [0, 0.05) is 23.0 Å². The van der Waals surface area contributed by atoms with Crippen LogP contribution in [-0.4, -0.2) is 30.9 Å². The summed E-state index contributed by atoms with van der Waals surface area (Å²) in [5, 5.41) is 2.06. The number of fused-ring (bicyclic) bond motifs is 1. The van der Waals surface area contributed by atoms with E-state index in [-0.39, 0.29) is 24.3 Å². The zero-order valence-corrected chi connectivity index (χ0v) is 23.7. The summed E-state index contributed by atoms with van der Waals surface area (Å²) in [4.78, 5) is 41.2. The van der Waals surface area contributed by atoms with Crippen LogP contribution in [0, 0.1) is 0 Å². The number of hydrogen-bond donors (Lipinski definition) is 0. The molecule has 0 aliphatic rings. The van der Waals surface area contributed by atoms with Crippen molar-refractivity contribution in [2.45, 2.75) is 13.2 Å². The number of amides is 1. The Morgan fingerprint density at radius 1 is 0.786 bits per heavy atom. The van der Waals surface area contributed by atoms with E-state index in [1.807, 2.05) is 48.5 Å². The second-order valence-electron chi connectivity index (χ2n) is 9.38. The van der Waals surface area contributed by atoms with Gasteiger partial charge in [-0.25, -0.2) is 19.3 Å². The molecule has 0 aliphatic heterocycles. The molecule has 0 fully saturated rings. The Bertz CT molecular complexity index is 1790. The number of esters is 1. The van der Waals surface area contributed by atoms with E-state index < -0.39 is 17.6 Å². The minimum Gasteiger partial charge on any atom is -0.497 e. The summed E-state index contributed by atoms with van der Waals surface area (Å²) in [5.74, 6) is -0.154. The maximum atomic E-state index is 14.0. The number of halogens is 1. The van der Waals surface area contributed by atoms with Crippen molar-refractivity contribution in [3.63, 3.8) is 0 Å². The third-order valence-electron chi connectivity index (χ3n) is 6.68. The number of hydrogen-bond acceptors (Lipinski definition) is 6. The summed E-state index contributed by atoms with van der Waals surface area (Å²) in [7, 11) is 2.93. The quantitative estimate of drug-likeness (QED) is 0.192. The van der Waals surface area contributed by atoms with E-state index in [0.717, 1.165) is 15.2 Å². The number of pyridine rings is 1. The smallest absolute Gasteiger partial charge is 0.429 e. The molecule has 1 aromatic heterocycles. The highest BCUT2D eigenvalue weighted by atomic mass is 35.5. The first kappa shape index (κ1) is 28.4. The molecule has 0 saturated carbocycles. The molecule has 1 amide bonds. The average molecular weight is 583 g/mol. The zero-order valence-electron chi connectivity index (χ0n) is 23.0. The third-order valence-corrected chi connectivity index (χ3v) is 6.91. The topological polar surface area (TPSA) is 87.1 Å². The van der Waals surface area contributed by atoms with E-state index in [1.54, 1.807) is 61.7 Å². The van der Waals surface area contributed by atoms with Crippen molar-refractivity contribution in [3.05, 3.63) is 135 Å². The van der Waals surface area contributed by atoms with Crippen LogP contribution in [0.15, 0.2) is 108 Å². The van der Waals surface area contributed by atoms with Crippen molar-refractivity contribution >= 4 is 34.4 Å². The van der Waals surface area contributed by atoms with Crippen molar-refractivity contribution in [2.24, 2.45) is 0 Å². The van der Waals surface area contributed by atoms with Gasteiger partial charge in [0.15, 0.2) is 5.69 Å². The van der Waals surface area contributed by atoms with Gasteiger partial charge in [0.25, 0.3) is 5.56 Å². The van der Waals surface area contributed by atoms with Gasteiger partial charge in [0.1, 0.15) is 19.0 Å². The molecule has 0 N–H and O–H groups in total. The molecule has 0 bridgehead atoms. The lowest BCUT2D eigenvalue weighted by molar-refractivity contribution is 0.0459. The highest BCUT2D eigenvalue weighted by Gasteiger charge is 2.29. The molecule has 9 heteroatoms. The van der Waals surface area contributed by atoms with Crippen molar-refractivity contribution in [2.75, 3.05) is 19.2 Å². The van der Waals surface area contributed by atoms with Crippen LogP contribution in [0.2, 0.25) is 5.02 Å². The van der Waals surface area contributed by atoms with Gasteiger partial charge in [-0.3, -0.25) is 4.79 Å². The summed E-state index contributed by atoms with van der Waals surface area (Å²) in [6, 6.07) is 30.0. The van der Waals surface area contributed by atoms with Crippen LogP contribution < -0.4 is 15.3 Å². The molecule has 1 heterocycles. The predicted molar refractivity (Wildman–Crippen MR) is 162 cm³/mol. The summed E-state index contributed by atoms with van der Waals surface area (Å²) >= 11 is 6.36. The van der Waals surface area contributed by atoms with Gasteiger partial charge in [0.05, 0.1) is 7.11 Å². The Morgan fingerprint density at radius 3 is 2.07 bits per heavy atom. The second-order valence-corrected chi connectivity index (χ2v) is 9.82. The van der Waals surface area contributed by atoms with Crippen molar-refractivity contribution in [3.8, 4) is 16.9 Å². The number of carbonyl (C=O) groups excluding carboxylic acids is 2. The molecule has 0 saturated heterocycles. The molecular formula is C33H27ClN2O6. The maximum absolute atomic E-state index is 14.0. The molecule has 212 valence electrons. The van der Waals surface area contributed by atoms with Gasteiger partial charge >= 0.3 is 12.1 Å². The van der Waals surface area contributed by atoms with E-state index in [4.69, 9.17) is 25.8 Å². The van der Waals surface area contributed by atoms with Gasteiger partial charge in [-0.15, -0.1) is 0 Å². The first-order chi connectivity index (χ1) is 20.4. The number of ether oxygens (including phenoxy) is 3. The highest BCUT2D eigenvalue weighted by molar-refractivity contribution is 6.31.